The lowest BCUT2D eigenvalue weighted by Gasteiger charge is -2.22. The Balaban J connectivity index is 1.72. The number of phenols is 2. The molecule has 0 aliphatic heterocycles. The Morgan fingerprint density at radius 3 is 2.44 bits per heavy atom. The van der Waals surface area contributed by atoms with Crippen molar-refractivity contribution in [3.63, 3.8) is 0 Å². The van der Waals surface area contributed by atoms with Crippen LogP contribution < -0.4 is 5.43 Å². The number of carbonyl (C=O) groups is 1. The highest BCUT2D eigenvalue weighted by Crippen LogP contribution is 2.32. The van der Waals surface area contributed by atoms with Crippen LogP contribution in [-0.2, 0) is 0 Å². The molecule has 2 aromatic carbocycles. The van der Waals surface area contributed by atoms with Crippen molar-refractivity contribution in [1.29, 1.82) is 0 Å². The van der Waals surface area contributed by atoms with Crippen LogP contribution in [0.25, 0.3) is 0 Å². The summed E-state index contributed by atoms with van der Waals surface area (Å²) in [6, 6.07) is 12.3. The van der Waals surface area contributed by atoms with Crippen molar-refractivity contribution < 1.29 is 15.0 Å². The van der Waals surface area contributed by atoms with Crippen LogP contribution in [0.4, 0.5) is 0 Å². The molecule has 1 saturated carbocycles. The highest BCUT2D eigenvalue weighted by Gasteiger charge is 2.16. The van der Waals surface area contributed by atoms with E-state index in [1.807, 2.05) is 6.92 Å². The third-order valence-corrected chi connectivity index (χ3v) is 5.17. The zero-order valence-electron chi connectivity index (χ0n) is 15.6. The van der Waals surface area contributed by atoms with E-state index in [2.05, 4.69) is 34.8 Å². The number of benzene rings is 2. The van der Waals surface area contributed by atoms with E-state index in [0.717, 1.165) is 11.3 Å². The second-order valence-electron chi connectivity index (χ2n) is 7.01. The summed E-state index contributed by atoms with van der Waals surface area (Å²) >= 11 is 0. The maximum atomic E-state index is 12.2. The smallest absolute Gasteiger partial charge is 0.275 e. The lowest BCUT2D eigenvalue weighted by molar-refractivity contribution is 0.0951. The molecule has 0 aromatic heterocycles. The van der Waals surface area contributed by atoms with Crippen molar-refractivity contribution in [1.82, 2.24) is 5.43 Å². The van der Waals surface area contributed by atoms with Gasteiger partial charge in [-0.15, -0.1) is 0 Å². The van der Waals surface area contributed by atoms with Crippen molar-refractivity contribution in [2.24, 2.45) is 5.10 Å². The molecule has 0 bridgehead atoms. The first-order valence-electron chi connectivity index (χ1n) is 9.57. The van der Waals surface area contributed by atoms with Gasteiger partial charge in [0.25, 0.3) is 5.91 Å². The van der Waals surface area contributed by atoms with Gasteiger partial charge in [0, 0.05) is 0 Å². The van der Waals surface area contributed by atoms with E-state index in [1.54, 1.807) is 0 Å². The first kappa shape index (κ1) is 19.0. The summed E-state index contributed by atoms with van der Waals surface area (Å²) in [6.07, 6.45) is 7.14. The number of nitrogens with one attached hydrogen (secondary N) is 1. The van der Waals surface area contributed by atoms with Gasteiger partial charge in [-0.3, -0.25) is 4.79 Å². The number of carbonyl (C=O) groups excluding carboxylic acids is 1. The van der Waals surface area contributed by atoms with E-state index in [1.165, 1.54) is 55.9 Å². The normalized spacial score (nSPS) is 15.5. The van der Waals surface area contributed by atoms with Crippen molar-refractivity contribution >= 4 is 11.6 Å². The lowest BCUT2D eigenvalue weighted by atomic mass is 9.84. The molecule has 1 amide bonds. The van der Waals surface area contributed by atoms with Gasteiger partial charge in [-0.05, 0) is 54.5 Å². The molecule has 2 aromatic rings. The van der Waals surface area contributed by atoms with Gasteiger partial charge >= 0.3 is 0 Å². The van der Waals surface area contributed by atoms with Crippen LogP contribution in [0.15, 0.2) is 47.6 Å². The monoisotopic (exact) mass is 366 g/mol. The highest BCUT2D eigenvalue weighted by atomic mass is 16.3. The Bertz CT molecular complexity index is 822. The Kier molecular flexibility index (Phi) is 6.12. The molecule has 3 N–H and O–H groups in total. The minimum Gasteiger partial charge on any atom is -0.508 e. The van der Waals surface area contributed by atoms with Crippen molar-refractivity contribution in [2.45, 2.75) is 51.4 Å². The molecule has 142 valence electrons. The van der Waals surface area contributed by atoms with Crippen LogP contribution in [0.3, 0.4) is 0 Å². The maximum absolute atomic E-state index is 12.2. The van der Waals surface area contributed by atoms with Crippen LogP contribution in [0, 0.1) is 0 Å². The van der Waals surface area contributed by atoms with Gasteiger partial charge in [0.15, 0.2) is 0 Å². The van der Waals surface area contributed by atoms with E-state index >= 15 is 0 Å². The molecular formula is C22H26N2O3. The van der Waals surface area contributed by atoms with Crippen LogP contribution >= 0.6 is 0 Å². The van der Waals surface area contributed by atoms with Crippen molar-refractivity contribution in [2.75, 3.05) is 0 Å². The fourth-order valence-corrected chi connectivity index (χ4v) is 3.62. The van der Waals surface area contributed by atoms with Gasteiger partial charge in [-0.2, -0.15) is 5.10 Å². The molecule has 0 atom stereocenters. The van der Waals surface area contributed by atoms with Crippen LogP contribution in [0.2, 0.25) is 0 Å². The molecule has 0 heterocycles. The Morgan fingerprint density at radius 1 is 1.07 bits per heavy atom. The maximum Gasteiger partial charge on any atom is 0.275 e. The zero-order valence-corrected chi connectivity index (χ0v) is 15.6. The van der Waals surface area contributed by atoms with E-state index in [9.17, 15) is 15.0 Å². The van der Waals surface area contributed by atoms with Gasteiger partial charge in [0.2, 0.25) is 0 Å². The number of rotatable bonds is 5. The molecular weight excluding hydrogens is 340 g/mol. The number of nitrogens with zero attached hydrogens (tertiary/aromatic N) is 1. The zero-order chi connectivity index (χ0) is 19.2. The predicted octanol–water partition coefficient (Wildman–Crippen LogP) is 4.69. The summed E-state index contributed by atoms with van der Waals surface area (Å²) in [5, 5.41) is 23.5. The van der Waals surface area contributed by atoms with Gasteiger partial charge < -0.3 is 10.2 Å². The predicted molar refractivity (Wildman–Crippen MR) is 106 cm³/mol. The average Bonchev–Trinajstić information content (AvgIpc) is 2.71. The highest BCUT2D eigenvalue weighted by molar-refractivity contribution is 6.02. The van der Waals surface area contributed by atoms with E-state index < -0.39 is 5.91 Å². The Morgan fingerprint density at radius 2 is 1.78 bits per heavy atom. The first-order chi connectivity index (χ1) is 13.1. The van der Waals surface area contributed by atoms with Gasteiger partial charge in [0.05, 0.1) is 11.3 Å². The summed E-state index contributed by atoms with van der Waals surface area (Å²) in [5.41, 5.74) is 5.57. The van der Waals surface area contributed by atoms with E-state index in [-0.39, 0.29) is 17.1 Å². The second-order valence-corrected chi connectivity index (χ2v) is 7.01. The third-order valence-electron chi connectivity index (χ3n) is 5.17. The molecule has 1 aliphatic rings. The quantitative estimate of drug-likeness (QED) is 0.408. The molecule has 1 aliphatic carbocycles. The largest absolute Gasteiger partial charge is 0.508 e. The molecule has 3 rings (SSSR count). The van der Waals surface area contributed by atoms with Gasteiger partial charge in [-0.25, -0.2) is 5.43 Å². The summed E-state index contributed by atoms with van der Waals surface area (Å²) < 4.78 is 0. The van der Waals surface area contributed by atoms with E-state index in [4.69, 9.17) is 0 Å². The fraction of sp³-hybridized carbons (Fsp3) is 0.364. The van der Waals surface area contributed by atoms with Crippen LogP contribution in [-0.4, -0.2) is 21.8 Å². The number of hydrogen-bond acceptors (Lipinski definition) is 4. The number of aromatic hydroxyl groups is 2. The molecule has 5 nitrogen and oxygen atoms in total. The summed E-state index contributed by atoms with van der Waals surface area (Å²) in [7, 11) is 0. The molecule has 0 saturated heterocycles. The van der Waals surface area contributed by atoms with Gasteiger partial charge in [0.1, 0.15) is 11.5 Å². The molecule has 1 fully saturated rings. The van der Waals surface area contributed by atoms with Crippen molar-refractivity contribution in [3.8, 4) is 11.5 Å². The molecule has 27 heavy (non-hydrogen) atoms. The summed E-state index contributed by atoms with van der Waals surface area (Å²) in [6.45, 7) is 1.98. The third kappa shape index (κ3) is 4.67. The second kappa shape index (κ2) is 8.71. The topological polar surface area (TPSA) is 81.9 Å². The van der Waals surface area contributed by atoms with Gasteiger partial charge in [-0.1, -0.05) is 50.5 Å². The standard InChI is InChI=1S/C22H26N2O3/c1-2-20(23-24-22(27)19-14-18(25)12-13-21(19)26)17-10-8-16(9-11-17)15-6-4-3-5-7-15/h8-15,25-26H,2-7H2,1H3,(H,24,27)/b23-20+. The number of hydrogen-bond donors (Lipinski definition) is 3. The lowest BCUT2D eigenvalue weighted by Crippen LogP contribution is -2.20. The molecule has 0 unspecified atom stereocenters. The average molecular weight is 366 g/mol. The molecule has 5 heteroatoms. The number of hydrazone groups is 1. The fourth-order valence-electron chi connectivity index (χ4n) is 3.62. The molecule has 0 radical (unpaired) electrons. The Labute approximate surface area is 159 Å². The first-order valence-corrected chi connectivity index (χ1v) is 9.57. The number of amides is 1. The molecule has 0 spiro atoms. The minimum absolute atomic E-state index is 0.0122. The van der Waals surface area contributed by atoms with Crippen molar-refractivity contribution in [3.05, 3.63) is 59.2 Å². The van der Waals surface area contributed by atoms with Crippen LogP contribution in [0.1, 0.15) is 72.9 Å². The number of phenolic OH excluding ortho intramolecular Hbond substituents is 2. The van der Waals surface area contributed by atoms with E-state index in [0.29, 0.717) is 12.3 Å². The SMILES string of the molecule is CC/C(=N\NC(=O)c1cc(O)ccc1O)c1ccc(C2CCCCC2)cc1. The Hall–Kier alpha value is -2.82. The minimum atomic E-state index is -0.562. The van der Waals surface area contributed by atoms with Crippen LogP contribution in [0.5, 0.6) is 11.5 Å². The summed E-state index contributed by atoms with van der Waals surface area (Å²) in [4.78, 5) is 12.2. The summed E-state index contributed by atoms with van der Waals surface area (Å²) in [5.74, 6) is -0.192.